The normalized spacial score (nSPS) is 18.2. The Hall–Kier alpha value is -3.89. The van der Waals surface area contributed by atoms with Crippen LogP contribution in [-0.4, -0.2) is 47.8 Å². The predicted molar refractivity (Wildman–Crippen MR) is 112 cm³/mol. The van der Waals surface area contributed by atoms with Crippen LogP contribution in [0, 0.1) is 5.82 Å². The molecule has 2 aliphatic rings. The third-order valence-corrected chi connectivity index (χ3v) is 5.75. The third kappa shape index (κ3) is 4.45. The number of amides is 4. The molecule has 2 heterocycles. The van der Waals surface area contributed by atoms with Crippen molar-refractivity contribution in [2.45, 2.75) is 18.8 Å². The molecule has 1 atom stereocenters. The number of rotatable bonds is 5. The lowest BCUT2D eigenvalue weighted by Crippen LogP contribution is -2.45. The topological polar surface area (TPSA) is 81.8 Å². The standard InChI is InChI=1S/C23H20F4N4O3/c1-30-17-11-31(12-18(32)28-10-13-6-8-14(24)9-7-13)21(33)19(17)20(29-22(30)34)15-4-2-3-5-16(15)23(25,26)27/h2-9,20H,10-12H2,1H3,(H,28,32)(H,29,34). The van der Waals surface area contributed by atoms with Crippen LogP contribution in [0.4, 0.5) is 22.4 Å². The van der Waals surface area contributed by atoms with E-state index >= 15 is 0 Å². The molecule has 4 amide bonds. The largest absolute Gasteiger partial charge is 0.416 e. The van der Waals surface area contributed by atoms with Gasteiger partial charge >= 0.3 is 12.2 Å². The number of nitrogens with zero attached hydrogens (tertiary/aromatic N) is 2. The van der Waals surface area contributed by atoms with Crippen LogP contribution in [0.5, 0.6) is 0 Å². The molecule has 0 aliphatic carbocycles. The molecule has 2 N–H and O–H groups in total. The molecule has 0 saturated carbocycles. The smallest absolute Gasteiger partial charge is 0.350 e. The molecule has 178 valence electrons. The molecule has 0 radical (unpaired) electrons. The molecule has 0 aromatic heterocycles. The summed E-state index contributed by atoms with van der Waals surface area (Å²) < 4.78 is 53.8. The minimum absolute atomic E-state index is 0.00913. The number of nitrogens with one attached hydrogen (secondary N) is 2. The van der Waals surface area contributed by atoms with E-state index in [9.17, 15) is 31.9 Å². The van der Waals surface area contributed by atoms with Crippen LogP contribution >= 0.6 is 0 Å². The lowest BCUT2D eigenvalue weighted by molar-refractivity contribution is -0.138. The molecule has 2 aromatic carbocycles. The maximum atomic E-state index is 13.6. The fraction of sp³-hybridized carbons (Fsp3) is 0.261. The van der Waals surface area contributed by atoms with Crippen molar-refractivity contribution < 1.29 is 31.9 Å². The number of carbonyl (C=O) groups excluding carboxylic acids is 3. The van der Waals surface area contributed by atoms with E-state index in [4.69, 9.17) is 0 Å². The van der Waals surface area contributed by atoms with Gasteiger partial charge in [-0.1, -0.05) is 30.3 Å². The van der Waals surface area contributed by atoms with Gasteiger partial charge in [0.25, 0.3) is 5.91 Å². The zero-order valence-corrected chi connectivity index (χ0v) is 17.9. The molecule has 1 unspecified atom stereocenters. The van der Waals surface area contributed by atoms with Crippen molar-refractivity contribution >= 4 is 17.8 Å². The Kier molecular flexibility index (Phi) is 6.03. The van der Waals surface area contributed by atoms with Gasteiger partial charge in [0.2, 0.25) is 5.91 Å². The number of urea groups is 1. The second-order valence-electron chi connectivity index (χ2n) is 7.95. The summed E-state index contributed by atoms with van der Waals surface area (Å²) in [4.78, 5) is 40.4. The predicted octanol–water partition coefficient (Wildman–Crippen LogP) is 2.95. The summed E-state index contributed by atoms with van der Waals surface area (Å²) in [5.74, 6) is -1.56. The van der Waals surface area contributed by atoms with Crippen molar-refractivity contribution in [2.75, 3.05) is 20.1 Å². The number of likely N-dealkylation sites (N-methyl/N-ethyl adjacent to an activating group) is 1. The van der Waals surface area contributed by atoms with E-state index in [2.05, 4.69) is 10.6 Å². The van der Waals surface area contributed by atoms with E-state index in [1.807, 2.05) is 0 Å². The van der Waals surface area contributed by atoms with Gasteiger partial charge in [0.1, 0.15) is 12.4 Å². The van der Waals surface area contributed by atoms with E-state index in [0.29, 0.717) is 5.56 Å². The van der Waals surface area contributed by atoms with Crippen molar-refractivity contribution in [2.24, 2.45) is 0 Å². The number of hydrogen-bond acceptors (Lipinski definition) is 3. The zero-order valence-electron chi connectivity index (χ0n) is 17.9. The average Bonchev–Trinajstić information content (AvgIpc) is 3.11. The molecule has 0 bridgehead atoms. The van der Waals surface area contributed by atoms with Crippen molar-refractivity contribution in [1.29, 1.82) is 0 Å². The van der Waals surface area contributed by atoms with Gasteiger partial charge in [0, 0.05) is 13.6 Å². The van der Waals surface area contributed by atoms with Gasteiger partial charge in [0.15, 0.2) is 0 Å². The minimum atomic E-state index is -4.69. The van der Waals surface area contributed by atoms with Crippen LogP contribution in [0.1, 0.15) is 22.7 Å². The molecular weight excluding hydrogens is 456 g/mol. The first-order chi connectivity index (χ1) is 16.1. The van der Waals surface area contributed by atoms with Crippen LogP contribution in [0.3, 0.4) is 0 Å². The van der Waals surface area contributed by atoms with E-state index in [-0.39, 0.29) is 36.5 Å². The summed E-state index contributed by atoms with van der Waals surface area (Å²) in [5, 5.41) is 5.09. The summed E-state index contributed by atoms with van der Waals surface area (Å²) >= 11 is 0. The highest BCUT2D eigenvalue weighted by Crippen LogP contribution is 2.41. The van der Waals surface area contributed by atoms with Gasteiger partial charge in [-0.15, -0.1) is 0 Å². The van der Waals surface area contributed by atoms with Crippen LogP contribution in [0.15, 0.2) is 59.8 Å². The Labute approximate surface area is 192 Å². The van der Waals surface area contributed by atoms with Crippen molar-refractivity contribution in [3.63, 3.8) is 0 Å². The second-order valence-corrected chi connectivity index (χ2v) is 7.95. The van der Waals surface area contributed by atoms with E-state index in [1.165, 1.54) is 54.4 Å². The summed E-state index contributed by atoms with van der Waals surface area (Å²) in [7, 11) is 1.40. The lowest BCUT2D eigenvalue weighted by atomic mass is 9.92. The van der Waals surface area contributed by atoms with Gasteiger partial charge in [-0.3, -0.25) is 14.5 Å². The summed E-state index contributed by atoms with van der Waals surface area (Å²) in [5.41, 5.74) is -0.328. The molecule has 11 heteroatoms. The van der Waals surface area contributed by atoms with Gasteiger partial charge in [-0.25, -0.2) is 9.18 Å². The Bertz CT molecular complexity index is 1180. The Morgan fingerprint density at radius 3 is 2.47 bits per heavy atom. The highest BCUT2D eigenvalue weighted by molar-refractivity contribution is 6.03. The highest BCUT2D eigenvalue weighted by atomic mass is 19.4. The van der Waals surface area contributed by atoms with E-state index < -0.39 is 41.4 Å². The summed E-state index contributed by atoms with van der Waals surface area (Å²) in [6.07, 6.45) is -4.69. The van der Waals surface area contributed by atoms with Crippen LogP contribution in [-0.2, 0) is 22.3 Å². The van der Waals surface area contributed by atoms with Crippen molar-refractivity contribution in [3.8, 4) is 0 Å². The number of carbonyl (C=O) groups is 3. The molecule has 2 aliphatic heterocycles. The zero-order chi connectivity index (χ0) is 24.6. The molecule has 0 fully saturated rings. The van der Waals surface area contributed by atoms with Gasteiger partial charge in [0.05, 0.1) is 29.4 Å². The monoisotopic (exact) mass is 476 g/mol. The lowest BCUT2D eigenvalue weighted by Gasteiger charge is -2.32. The minimum Gasteiger partial charge on any atom is -0.350 e. The van der Waals surface area contributed by atoms with Crippen LogP contribution in [0.2, 0.25) is 0 Å². The molecule has 7 nitrogen and oxygen atoms in total. The van der Waals surface area contributed by atoms with E-state index in [0.717, 1.165) is 11.0 Å². The first kappa shape index (κ1) is 23.3. The second kappa shape index (κ2) is 8.81. The summed E-state index contributed by atoms with van der Waals surface area (Å²) in [6.45, 7) is -0.356. The highest BCUT2D eigenvalue weighted by Gasteiger charge is 2.46. The summed E-state index contributed by atoms with van der Waals surface area (Å²) in [6, 6.07) is 8.28. The van der Waals surface area contributed by atoms with E-state index in [1.54, 1.807) is 0 Å². The van der Waals surface area contributed by atoms with Crippen molar-refractivity contribution in [3.05, 3.63) is 82.3 Å². The molecular formula is C23H20F4N4O3. The first-order valence-electron chi connectivity index (χ1n) is 10.3. The van der Waals surface area contributed by atoms with Crippen LogP contribution < -0.4 is 10.6 Å². The molecule has 34 heavy (non-hydrogen) atoms. The van der Waals surface area contributed by atoms with Gasteiger partial charge in [-0.2, -0.15) is 13.2 Å². The van der Waals surface area contributed by atoms with Gasteiger partial charge in [-0.05, 0) is 29.3 Å². The fourth-order valence-electron chi connectivity index (χ4n) is 4.02. The van der Waals surface area contributed by atoms with Crippen molar-refractivity contribution in [1.82, 2.24) is 20.4 Å². The molecule has 0 saturated heterocycles. The molecule has 0 spiro atoms. The number of benzene rings is 2. The number of halogens is 4. The Morgan fingerprint density at radius 2 is 1.79 bits per heavy atom. The fourth-order valence-corrected chi connectivity index (χ4v) is 4.02. The third-order valence-electron chi connectivity index (χ3n) is 5.75. The Morgan fingerprint density at radius 1 is 1.12 bits per heavy atom. The Balaban J connectivity index is 1.54. The molecule has 2 aromatic rings. The average molecular weight is 476 g/mol. The number of alkyl halides is 3. The quantitative estimate of drug-likeness (QED) is 0.652. The first-order valence-corrected chi connectivity index (χ1v) is 10.3. The van der Waals surface area contributed by atoms with Crippen LogP contribution in [0.25, 0.3) is 0 Å². The number of hydrogen-bond donors (Lipinski definition) is 2. The maximum absolute atomic E-state index is 13.6. The van der Waals surface area contributed by atoms with Gasteiger partial charge < -0.3 is 15.5 Å². The maximum Gasteiger partial charge on any atom is 0.416 e. The molecule has 4 rings (SSSR count). The SMILES string of the molecule is CN1C(=O)NC(c2ccccc2C(F)(F)F)C2=C1CN(CC(=O)NCc1ccc(F)cc1)C2=O.